The van der Waals surface area contributed by atoms with E-state index in [2.05, 4.69) is 19.1 Å². The van der Waals surface area contributed by atoms with E-state index in [9.17, 15) is 9.90 Å². The molecule has 1 aromatic carbocycles. The molecule has 0 radical (unpaired) electrons. The van der Waals surface area contributed by atoms with Crippen molar-refractivity contribution in [3.05, 3.63) is 35.9 Å². The number of amides is 1. The molecule has 120 valence electrons. The van der Waals surface area contributed by atoms with Crippen LogP contribution in [0.5, 0.6) is 0 Å². The lowest BCUT2D eigenvalue weighted by Crippen LogP contribution is -2.43. The summed E-state index contributed by atoms with van der Waals surface area (Å²) < 4.78 is 0. The number of carbonyl (C=O) groups excluding carboxylic acids is 1. The second-order valence-corrected chi connectivity index (χ2v) is 6.82. The smallest absolute Gasteiger partial charge is 0.246 e. The second-order valence-electron chi connectivity index (χ2n) is 5.94. The number of likely N-dealkylation sites (tertiary alicyclic amines) is 1. The summed E-state index contributed by atoms with van der Waals surface area (Å²) in [5, 5.41) is 9.54. The average Bonchev–Trinajstić information content (AvgIpc) is 2.60. The first-order chi connectivity index (χ1) is 10.6. The van der Waals surface area contributed by atoms with E-state index in [0.717, 1.165) is 37.9 Å². The molecule has 1 aromatic rings. The predicted octanol–water partition coefficient (Wildman–Crippen LogP) is 3.43. The van der Waals surface area contributed by atoms with Crippen LogP contribution in [0.4, 0.5) is 0 Å². The number of carbonyl (C=O) groups is 1. The number of hydrogen-bond donors (Lipinski definition) is 1. The van der Waals surface area contributed by atoms with Gasteiger partial charge in [-0.15, -0.1) is 11.8 Å². The Hall–Kier alpha value is -1.26. The van der Waals surface area contributed by atoms with Crippen molar-refractivity contribution < 1.29 is 9.90 Å². The van der Waals surface area contributed by atoms with Gasteiger partial charge in [0.2, 0.25) is 5.91 Å². The van der Waals surface area contributed by atoms with Gasteiger partial charge in [0, 0.05) is 30.7 Å². The number of piperidine rings is 1. The first-order valence-corrected chi connectivity index (χ1v) is 9.07. The van der Waals surface area contributed by atoms with Gasteiger partial charge in [-0.1, -0.05) is 19.1 Å². The highest BCUT2D eigenvalue weighted by atomic mass is 32.2. The first kappa shape index (κ1) is 17.1. The summed E-state index contributed by atoms with van der Waals surface area (Å²) >= 11 is 1.71. The standard InChI is InChI=1S/C18H25NO2S/c1-3-18(14-20)10-12-19(13-11-18)17(21)9-6-15-4-7-16(22-2)8-5-15/h4-9,20H,3,10-14H2,1-2H3/b9-6+. The molecule has 0 unspecified atom stereocenters. The van der Waals surface area contributed by atoms with E-state index < -0.39 is 0 Å². The Kier molecular flexibility index (Phi) is 6.09. The zero-order valence-corrected chi connectivity index (χ0v) is 14.2. The normalized spacial score (nSPS) is 17.9. The maximum absolute atomic E-state index is 12.3. The van der Waals surface area contributed by atoms with Crippen LogP contribution in [0.2, 0.25) is 0 Å². The van der Waals surface area contributed by atoms with Crippen LogP contribution in [0.1, 0.15) is 31.7 Å². The molecule has 1 N–H and O–H groups in total. The van der Waals surface area contributed by atoms with Gasteiger partial charge in [0.1, 0.15) is 0 Å². The SMILES string of the molecule is CCC1(CO)CCN(C(=O)/C=C/c2ccc(SC)cc2)CC1. The average molecular weight is 319 g/mol. The summed E-state index contributed by atoms with van der Waals surface area (Å²) in [7, 11) is 0. The third-order valence-corrected chi connectivity index (χ3v) is 5.50. The Bertz CT molecular complexity index is 510. The Balaban J connectivity index is 1.91. The molecule has 0 aromatic heterocycles. The molecule has 2 rings (SSSR count). The van der Waals surface area contributed by atoms with Crippen LogP contribution in [0.15, 0.2) is 35.2 Å². The summed E-state index contributed by atoms with van der Waals surface area (Å²) in [5.74, 6) is 0.0663. The Morgan fingerprint density at radius 1 is 1.32 bits per heavy atom. The van der Waals surface area contributed by atoms with Crippen molar-refractivity contribution in [2.75, 3.05) is 26.0 Å². The number of thioether (sulfide) groups is 1. The number of rotatable bonds is 5. The van der Waals surface area contributed by atoms with Crippen molar-refractivity contribution in [2.45, 2.75) is 31.1 Å². The molecule has 3 nitrogen and oxygen atoms in total. The summed E-state index contributed by atoms with van der Waals surface area (Å²) in [6.07, 6.45) is 8.34. The number of aliphatic hydroxyl groups excluding tert-OH is 1. The zero-order chi connectivity index (χ0) is 16.0. The van der Waals surface area contributed by atoms with Crippen LogP contribution in [-0.2, 0) is 4.79 Å². The van der Waals surface area contributed by atoms with Crippen LogP contribution in [0.3, 0.4) is 0 Å². The molecule has 0 aliphatic carbocycles. The maximum Gasteiger partial charge on any atom is 0.246 e. The van der Waals surface area contributed by atoms with Crippen molar-refractivity contribution in [1.82, 2.24) is 4.90 Å². The summed E-state index contributed by atoms with van der Waals surface area (Å²) in [6, 6.07) is 8.18. The van der Waals surface area contributed by atoms with Gasteiger partial charge in [0.25, 0.3) is 0 Å². The minimum atomic E-state index is 0.0220. The third-order valence-electron chi connectivity index (χ3n) is 4.76. The molecule has 1 saturated heterocycles. The fourth-order valence-corrected chi connectivity index (χ4v) is 3.22. The van der Waals surface area contributed by atoms with Gasteiger partial charge in [0.05, 0.1) is 0 Å². The number of nitrogens with zero attached hydrogens (tertiary/aromatic N) is 1. The molecule has 0 atom stereocenters. The molecular formula is C18H25NO2S. The van der Waals surface area contributed by atoms with E-state index in [4.69, 9.17) is 0 Å². The van der Waals surface area contributed by atoms with Gasteiger partial charge in [-0.2, -0.15) is 0 Å². The van der Waals surface area contributed by atoms with E-state index >= 15 is 0 Å². The molecule has 1 aliphatic rings. The van der Waals surface area contributed by atoms with Crippen molar-refractivity contribution in [2.24, 2.45) is 5.41 Å². The summed E-state index contributed by atoms with van der Waals surface area (Å²) in [6.45, 7) is 3.82. The molecule has 1 amide bonds. The van der Waals surface area contributed by atoms with Crippen LogP contribution in [0.25, 0.3) is 6.08 Å². The Morgan fingerprint density at radius 2 is 1.95 bits per heavy atom. The minimum Gasteiger partial charge on any atom is -0.396 e. The van der Waals surface area contributed by atoms with Crippen molar-refractivity contribution >= 4 is 23.7 Å². The van der Waals surface area contributed by atoms with Gasteiger partial charge in [-0.3, -0.25) is 4.79 Å². The number of aliphatic hydroxyl groups is 1. The molecule has 1 fully saturated rings. The van der Waals surface area contributed by atoms with Crippen LogP contribution < -0.4 is 0 Å². The maximum atomic E-state index is 12.3. The molecule has 22 heavy (non-hydrogen) atoms. The van der Waals surface area contributed by atoms with E-state index in [1.807, 2.05) is 29.4 Å². The van der Waals surface area contributed by atoms with E-state index in [1.165, 1.54) is 4.90 Å². The molecule has 4 heteroatoms. The van der Waals surface area contributed by atoms with Crippen LogP contribution in [0, 0.1) is 5.41 Å². The highest BCUT2D eigenvalue weighted by molar-refractivity contribution is 7.98. The minimum absolute atomic E-state index is 0.0220. The topological polar surface area (TPSA) is 40.5 Å². The monoisotopic (exact) mass is 319 g/mol. The Morgan fingerprint density at radius 3 is 2.45 bits per heavy atom. The van der Waals surface area contributed by atoms with Crippen LogP contribution in [-0.4, -0.2) is 41.9 Å². The van der Waals surface area contributed by atoms with Crippen molar-refractivity contribution in [1.29, 1.82) is 0 Å². The zero-order valence-electron chi connectivity index (χ0n) is 13.4. The molecule has 0 bridgehead atoms. The third kappa shape index (κ3) is 4.14. The molecule has 1 heterocycles. The second kappa shape index (κ2) is 7.84. The first-order valence-electron chi connectivity index (χ1n) is 7.84. The highest BCUT2D eigenvalue weighted by Gasteiger charge is 2.33. The summed E-state index contributed by atoms with van der Waals surface area (Å²) in [4.78, 5) is 15.4. The fraction of sp³-hybridized carbons (Fsp3) is 0.500. The lowest BCUT2D eigenvalue weighted by atomic mass is 9.77. The lowest BCUT2D eigenvalue weighted by molar-refractivity contribution is -0.128. The highest BCUT2D eigenvalue weighted by Crippen LogP contribution is 2.34. The fourth-order valence-electron chi connectivity index (χ4n) is 2.81. The number of hydrogen-bond acceptors (Lipinski definition) is 3. The van der Waals surface area contributed by atoms with Crippen molar-refractivity contribution in [3.63, 3.8) is 0 Å². The largest absolute Gasteiger partial charge is 0.396 e. The Labute approximate surface area is 137 Å². The van der Waals surface area contributed by atoms with Gasteiger partial charge in [-0.05, 0) is 54.7 Å². The predicted molar refractivity (Wildman–Crippen MR) is 92.9 cm³/mol. The molecule has 0 spiro atoms. The van der Waals surface area contributed by atoms with Crippen LogP contribution >= 0.6 is 11.8 Å². The van der Waals surface area contributed by atoms with Gasteiger partial charge in [0.15, 0.2) is 0 Å². The van der Waals surface area contributed by atoms with E-state index in [-0.39, 0.29) is 17.9 Å². The number of benzene rings is 1. The van der Waals surface area contributed by atoms with Gasteiger partial charge >= 0.3 is 0 Å². The van der Waals surface area contributed by atoms with Gasteiger partial charge in [-0.25, -0.2) is 0 Å². The van der Waals surface area contributed by atoms with Gasteiger partial charge < -0.3 is 10.0 Å². The van der Waals surface area contributed by atoms with Crippen molar-refractivity contribution in [3.8, 4) is 0 Å². The molecule has 1 aliphatic heterocycles. The molecular weight excluding hydrogens is 294 g/mol. The van der Waals surface area contributed by atoms with E-state index in [0.29, 0.717) is 0 Å². The summed E-state index contributed by atoms with van der Waals surface area (Å²) in [5.41, 5.74) is 1.06. The quantitative estimate of drug-likeness (QED) is 0.668. The lowest BCUT2D eigenvalue weighted by Gasteiger charge is -2.39. The molecule has 0 saturated carbocycles. The van der Waals surface area contributed by atoms with E-state index in [1.54, 1.807) is 17.8 Å².